The molecular weight excluding hydrogens is 206 g/mol. The Kier molecular flexibility index (Phi) is 2.28. The van der Waals surface area contributed by atoms with Crippen LogP contribution in [0.25, 0.3) is 0 Å². The van der Waals surface area contributed by atoms with Crippen LogP contribution in [0, 0.1) is 23.7 Å². The van der Waals surface area contributed by atoms with E-state index in [1.54, 1.807) is 0 Å². The van der Waals surface area contributed by atoms with Gasteiger partial charge in [-0.25, -0.2) is 0 Å². The quantitative estimate of drug-likeness (QED) is 0.488. The van der Waals surface area contributed by atoms with Crippen molar-refractivity contribution in [1.29, 1.82) is 0 Å². The summed E-state index contributed by atoms with van der Waals surface area (Å²) in [6, 6.07) is 0.169. The Balaban J connectivity index is 1.95. The molecule has 2 N–H and O–H groups in total. The molecule has 16 heavy (non-hydrogen) atoms. The molecule has 1 heterocycles. The summed E-state index contributed by atoms with van der Waals surface area (Å²) in [7, 11) is 0. The van der Waals surface area contributed by atoms with Crippen molar-refractivity contribution in [1.82, 2.24) is 0 Å². The molecule has 5 unspecified atom stereocenters. The molecule has 0 aromatic carbocycles. The molecule has 1 saturated heterocycles. The summed E-state index contributed by atoms with van der Waals surface area (Å²) in [6.45, 7) is 0. The first-order valence-electron chi connectivity index (χ1n) is 6.19. The normalized spacial score (nSPS) is 47.2. The fourth-order valence-corrected chi connectivity index (χ4v) is 3.91. The van der Waals surface area contributed by atoms with Crippen molar-refractivity contribution in [3.05, 3.63) is 0 Å². The van der Waals surface area contributed by atoms with Gasteiger partial charge in [0.15, 0.2) is 0 Å². The topological polar surface area (TPSA) is 69.4 Å². The fraction of sp³-hybridized carbons (Fsp3) is 0.833. The van der Waals surface area contributed by atoms with Crippen molar-refractivity contribution in [2.75, 3.05) is 0 Å². The Morgan fingerprint density at radius 1 is 1.00 bits per heavy atom. The van der Waals surface area contributed by atoms with Crippen molar-refractivity contribution < 1.29 is 14.3 Å². The van der Waals surface area contributed by atoms with Gasteiger partial charge in [0.2, 0.25) is 0 Å². The number of rotatable bonds is 0. The molecule has 0 amide bonds. The van der Waals surface area contributed by atoms with Crippen molar-refractivity contribution in [2.24, 2.45) is 29.4 Å². The van der Waals surface area contributed by atoms with Crippen LogP contribution in [0.5, 0.6) is 0 Å². The molecule has 0 spiro atoms. The predicted molar refractivity (Wildman–Crippen MR) is 56.1 cm³/mol. The summed E-state index contributed by atoms with van der Waals surface area (Å²) in [5, 5.41) is 0. The lowest BCUT2D eigenvalue weighted by molar-refractivity contribution is -0.183. The molecule has 0 radical (unpaired) electrons. The number of esters is 2. The Hall–Kier alpha value is -0.900. The summed E-state index contributed by atoms with van der Waals surface area (Å²) in [4.78, 5) is 23.4. The van der Waals surface area contributed by atoms with Gasteiger partial charge in [-0.15, -0.1) is 0 Å². The van der Waals surface area contributed by atoms with Crippen LogP contribution in [0.4, 0.5) is 0 Å². The van der Waals surface area contributed by atoms with E-state index in [-0.39, 0.29) is 35.7 Å². The van der Waals surface area contributed by atoms with Crippen LogP contribution in [0.3, 0.4) is 0 Å². The number of cyclic esters (lactones) is 2. The number of nitrogens with two attached hydrogens (primary N) is 1. The van der Waals surface area contributed by atoms with Crippen molar-refractivity contribution in [3.8, 4) is 0 Å². The zero-order valence-electron chi connectivity index (χ0n) is 9.22. The van der Waals surface area contributed by atoms with Crippen LogP contribution in [0.15, 0.2) is 0 Å². The number of ether oxygens (including phenoxy) is 1. The third-order valence-electron chi connectivity index (χ3n) is 4.64. The lowest BCUT2D eigenvalue weighted by atomic mass is 9.58. The standard InChI is InChI=1S/C12H17NO3/c13-9-5-4-8-10-6(9)2-1-3-7(10)11(14)16-12(8)15/h6-10H,1-5,13H2. The van der Waals surface area contributed by atoms with Crippen molar-refractivity contribution >= 4 is 11.9 Å². The van der Waals surface area contributed by atoms with Crippen LogP contribution in [0.1, 0.15) is 32.1 Å². The average molecular weight is 223 g/mol. The Morgan fingerprint density at radius 3 is 2.44 bits per heavy atom. The van der Waals surface area contributed by atoms with Gasteiger partial charge in [-0.1, -0.05) is 6.42 Å². The van der Waals surface area contributed by atoms with Crippen LogP contribution in [0.2, 0.25) is 0 Å². The molecular formula is C12H17NO3. The first-order chi connectivity index (χ1) is 7.68. The highest BCUT2D eigenvalue weighted by Gasteiger charge is 2.53. The van der Waals surface area contributed by atoms with Crippen LogP contribution < -0.4 is 5.73 Å². The SMILES string of the molecule is NC1CCC2C(=O)OC(=O)C3CCCC1C32. The first kappa shape index (κ1) is 10.3. The third kappa shape index (κ3) is 1.32. The second-order valence-electron chi connectivity index (χ2n) is 5.37. The van der Waals surface area contributed by atoms with Gasteiger partial charge in [-0.3, -0.25) is 9.59 Å². The molecule has 4 nitrogen and oxygen atoms in total. The molecule has 2 saturated carbocycles. The molecule has 1 aliphatic heterocycles. The largest absolute Gasteiger partial charge is 0.393 e. The average Bonchev–Trinajstić information content (AvgIpc) is 2.27. The van der Waals surface area contributed by atoms with E-state index in [0.29, 0.717) is 5.92 Å². The Bertz CT molecular complexity index is 325. The lowest BCUT2D eigenvalue weighted by Crippen LogP contribution is -2.55. The summed E-state index contributed by atoms with van der Waals surface area (Å²) in [5.41, 5.74) is 6.12. The van der Waals surface area contributed by atoms with Crippen molar-refractivity contribution in [2.45, 2.75) is 38.1 Å². The van der Waals surface area contributed by atoms with Gasteiger partial charge in [-0.05, 0) is 37.5 Å². The van der Waals surface area contributed by atoms with Gasteiger partial charge >= 0.3 is 11.9 Å². The molecule has 0 aromatic rings. The predicted octanol–water partition coefficient (Wildman–Crippen LogP) is 0.840. The van der Waals surface area contributed by atoms with E-state index in [1.807, 2.05) is 0 Å². The minimum Gasteiger partial charge on any atom is -0.393 e. The Morgan fingerprint density at radius 2 is 1.69 bits per heavy atom. The highest BCUT2D eigenvalue weighted by atomic mass is 16.6. The van der Waals surface area contributed by atoms with Crippen LogP contribution in [-0.4, -0.2) is 18.0 Å². The van der Waals surface area contributed by atoms with Crippen LogP contribution in [-0.2, 0) is 14.3 Å². The smallest absolute Gasteiger partial charge is 0.316 e. The van der Waals surface area contributed by atoms with Gasteiger partial charge in [0, 0.05) is 6.04 Å². The summed E-state index contributed by atoms with van der Waals surface area (Å²) in [5.74, 6) is -0.198. The number of hydrogen-bond acceptors (Lipinski definition) is 4. The molecule has 2 aliphatic carbocycles. The van der Waals surface area contributed by atoms with E-state index in [1.165, 1.54) is 0 Å². The second kappa shape index (κ2) is 3.55. The molecule has 88 valence electrons. The zero-order valence-corrected chi connectivity index (χ0v) is 9.22. The van der Waals surface area contributed by atoms with Gasteiger partial charge in [0.05, 0.1) is 11.8 Å². The summed E-state index contributed by atoms with van der Waals surface area (Å²) < 4.78 is 4.86. The third-order valence-corrected chi connectivity index (χ3v) is 4.64. The van der Waals surface area contributed by atoms with Gasteiger partial charge in [0.1, 0.15) is 0 Å². The maximum absolute atomic E-state index is 11.7. The van der Waals surface area contributed by atoms with Crippen molar-refractivity contribution in [3.63, 3.8) is 0 Å². The van der Waals surface area contributed by atoms with Gasteiger partial charge in [-0.2, -0.15) is 0 Å². The molecule has 3 aliphatic rings. The fourth-order valence-electron chi connectivity index (χ4n) is 3.91. The first-order valence-corrected chi connectivity index (χ1v) is 6.19. The highest BCUT2D eigenvalue weighted by molar-refractivity contribution is 5.91. The van der Waals surface area contributed by atoms with E-state index in [0.717, 1.165) is 32.1 Å². The molecule has 3 fully saturated rings. The number of carbonyl (C=O) groups is 2. The zero-order chi connectivity index (χ0) is 11.3. The molecule has 0 bridgehead atoms. The Labute approximate surface area is 94.5 Å². The van der Waals surface area contributed by atoms with Gasteiger partial charge < -0.3 is 10.5 Å². The van der Waals surface area contributed by atoms with E-state index < -0.39 is 0 Å². The van der Waals surface area contributed by atoms with E-state index in [9.17, 15) is 9.59 Å². The van der Waals surface area contributed by atoms with E-state index >= 15 is 0 Å². The van der Waals surface area contributed by atoms with Crippen LogP contribution >= 0.6 is 0 Å². The maximum Gasteiger partial charge on any atom is 0.316 e. The van der Waals surface area contributed by atoms with E-state index in [4.69, 9.17) is 10.5 Å². The molecule has 0 aromatic heterocycles. The minimum atomic E-state index is -0.301. The molecule has 4 heteroatoms. The minimum absolute atomic E-state index is 0.0622. The summed E-state index contributed by atoms with van der Waals surface area (Å²) >= 11 is 0. The molecule has 5 atom stereocenters. The maximum atomic E-state index is 11.7. The van der Waals surface area contributed by atoms with E-state index in [2.05, 4.69) is 0 Å². The lowest BCUT2D eigenvalue weighted by Gasteiger charge is -2.48. The van der Waals surface area contributed by atoms with Gasteiger partial charge in [0.25, 0.3) is 0 Å². The second-order valence-corrected chi connectivity index (χ2v) is 5.37. The number of hydrogen-bond donors (Lipinski definition) is 1. The monoisotopic (exact) mass is 223 g/mol. The highest BCUT2D eigenvalue weighted by Crippen LogP contribution is 2.49. The number of carbonyl (C=O) groups excluding carboxylic acids is 2. The molecule has 3 rings (SSSR count). The summed E-state index contributed by atoms with van der Waals surface area (Å²) in [6.07, 6.45) is 4.66.